The van der Waals surface area contributed by atoms with Gasteiger partial charge < -0.3 is 0 Å². The zero-order chi connectivity index (χ0) is 16.6. The van der Waals surface area contributed by atoms with E-state index in [1.165, 1.54) is 6.07 Å². The molecule has 3 aromatic rings. The molecule has 118 valence electrons. The van der Waals surface area contributed by atoms with E-state index in [0.29, 0.717) is 12.0 Å². The van der Waals surface area contributed by atoms with Crippen LogP contribution in [0.5, 0.6) is 0 Å². The predicted octanol–water partition coefficient (Wildman–Crippen LogP) is 5.07. The molecular weight excluding hydrogens is 303 g/mol. The molecule has 3 nitrogen and oxygen atoms in total. The van der Waals surface area contributed by atoms with Gasteiger partial charge in [-0.15, -0.1) is 0 Å². The van der Waals surface area contributed by atoms with Crippen molar-refractivity contribution in [1.29, 1.82) is 0 Å². The number of halogens is 3. The van der Waals surface area contributed by atoms with Crippen molar-refractivity contribution in [2.24, 2.45) is 0 Å². The molecule has 0 aliphatic rings. The Labute approximate surface area is 130 Å². The minimum absolute atomic E-state index is 0.271. The summed E-state index contributed by atoms with van der Waals surface area (Å²) in [6.07, 6.45) is -2.16. The number of fused-ring (bicyclic) bond motifs is 1. The molecule has 0 spiro atoms. The van der Waals surface area contributed by atoms with Gasteiger partial charge in [-0.1, -0.05) is 19.6 Å². The van der Waals surface area contributed by atoms with Crippen LogP contribution in [-0.4, -0.2) is 15.2 Å². The van der Waals surface area contributed by atoms with Crippen LogP contribution in [-0.2, 0) is 6.18 Å². The van der Waals surface area contributed by atoms with E-state index < -0.39 is 11.9 Å². The minimum atomic E-state index is -4.47. The first kappa shape index (κ1) is 15.3. The summed E-state index contributed by atoms with van der Waals surface area (Å²) in [6, 6.07) is 7.54. The Kier molecular flexibility index (Phi) is 3.67. The van der Waals surface area contributed by atoms with Crippen molar-refractivity contribution >= 4 is 16.5 Å². The molecule has 0 fully saturated rings. The molecule has 0 amide bonds. The lowest BCUT2D eigenvalue weighted by Crippen LogP contribution is -2.08. The zero-order valence-electron chi connectivity index (χ0n) is 12.4. The molecule has 0 unspecified atom stereocenters. The lowest BCUT2D eigenvalue weighted by atomic mass is 9.95. The normalized spacial score (nSPS) is 11.8. The number of allylic oxidation sites excluding steroid dienone is 1. The van der Waals surface area contributed by atoms with Crippen LogP contribution in [0.3, 0.4) is 0 Å². The maximum Gasteiger partial charge on any atom is 0.433 e. The molecule has 6 heteroatoms. The minimum Gasteiger partial charge on any atom is -0.278 e. The van der Waals surface area contributed by atoms with E-state index in [1.807, 2.05) is 13.0 Å². The van der Waals surface area contributed by atoms with Crippen LogP contribution in [0.2, 0.25) is 0 Å². The van der Waals surface area contributed by atoms with E-state index in [-0.39, 0.29) is 5.69 Å². The van der Waals surface area contributed by atoms with Crippen LogP contribution in [0.4, 0.5) is 13.2 Å². The first-order valence-electron chi connectivity index (χ1n) is 7.10. The second-order valence-corrected chi connectivity index (χ2v) is 5.22. The Balaban J connectivity index is 2.24. The fourth-order valence-electron chi connectivity index (χ4n) is 2.43. The van der Waals surface area contributed by atoms with Crippen molar-refractivity contribution in [2.75, 3.05) is 0 Å². The molecule has 1 aromatic carbocycles. The highest BCUT2D eigenvalue weighted by Crippen LogP contribution is 2.34. The number of rotatable bonds is 3. The average molecular weight is 317 g/mol. The number of aromatic nitrogens is 3. The first-order chi connectivity index (χ1) is 10.9. The lowest BCUT2D eigenvalue weighted by molar-refractivity contribution is -0.141. The highest BCUT2D eigenvalue weighted by molar-refractivity contribution is 5.91. The van der Waals surface area contributed by atoms with Crippen LogP contribution >= 0.6 is 0 Å². The van der Waals surface area contributed by atoms with E-state index in [2.05, 4.69) is 21.8 Å². The van der Waals surface area contributed by atoms with Crippen molar-refractivity contribution in [3.8, 4) is 11.3 Å². The number of hydrogen-bond donors (Lipinski definition) is 1. The maximum atomic E-state index is 12.9. The number of hydrogen-bond acceptors (Lipinski definition) is 2. The van der Waals surface area contributed by atoms with E-state index in [9.17, 15) is 13.2 Å². The summed E-state index contributed by atoms with van der Waals surface area (Å²) >= 11 is 0. The highest BCUT2D eigenvalue weighted by Gasteiger charge is 2.32. The van der Waals surface area contributed by atoms with E-state index in [4.69, 9.17) is 0 Å². The van der Waals surface area contributed by atoms with Gasteiger partial charge in [0, 0.05) is 10.9 Å². The van der Waals surface area contributed by atoms with Gasteiger partial charge in [-0.25, -0.2) is 4.98 Å². The van der Waals surface area contributed by atoms with Crippen molar-refractivity contribution < 1.29 is 13.2 Å². The summed E-state index contributed by atoms with van der Waals surface area (Å²) in [4.78, 5) is 3.79. The second-order valence-electron chi connectivity index (χ2n) is 5.22. The molecular formula is C17H14F3N3. The fraction of sp³-hybridized carbons (Fsp3) is 0.176. The van der Waals surface area contributed by atoms with Crippen molar-refractivity contribution in [3.63, 3.8) is 0 Å². The number of nitrogens with one attached hydrogen (secondary N) is 1. The van der Waals surface area contributed by atoms with Gasteiger partial charge in [0.1, 0.15) is 5.69 Å². The Hall–Kier alpha value is -2.63. The number of benzene rings is 1. The van der Waals surface area contributed by atoms with Crippen LogP contribution in [0.1, 0.15) is 24.6 Å². The fourth-order valence-corrected chi connectivity index (χ4v) is 2.43. The van der Waals surface area contributed by atoms with Gasteiger partial charge in [0.25, 0.3) is 0 Å². The molecule has 0 radical (unpaired) electrons. The highest BCUT2D eigenvalue weighted by atomic mass is 19.4. The molecule has 2 heterocycles. The van der Waals surface area contributed by atoms with Gasteiger partial charge in [-0.3, -0.25) is 5.10 Å². The van der Waals surface area contributed by atoms with Crippen molar-refractivity contribution in [1.82, 2.24) is 15.2 Å². The molecule has 0 aliphatic heterocycles. The standard InChI is InChI=1S/C17H14F3N3/c1-3-10(2)12-8-15-11(9-21-23-15)7-13(12)14-5-4-6-16(22-14)17(18,19)20/h4-9H,2-3H2,1H3,(H,21,23). The van der Waals surface area contributed by atoms with Gasteiger partial charge in [0.2, 0.25) is 0 Å². The third-order valence-electron chi connectivity index (χ3n) is 3.70. The number of nitrogens with zero attached hydrogens (tertiary/aromatic N) is 2. The molecule has 0 saturated carbocycles. The molecule has 0 bridgehead atoms. The molecule has 23 heavy (non-hydrogen) atoms. The largest absolute Gasteiger partial charge is 0.433 e. The van der Waals surface area contributed by atoms with Crippen LogP contribution in [0, 0.1) is 0 Å². The average Bonchev–Trinajstić information content (AvgIpc) is 2.99. The van der Waals surface area contributed by atoms with E-state index >= 15 is 0 Å². The summed E-state index contributed by atoms with van der Waals surface area (Å²) in [5, 5.41) is 7.64. The summed E-state index contributed by atoms with van der Waals surface area (Å²) < 4.78 is 38.8. The Morgan fingerprint density at radius 2 is 2.04 bits per heavy atom. The smallest absolute Gasteiger partial charge is 0.278 e. The van der Waals surface area contributed by atoms with Gasteiger partial charge >= 0.3 is 6.18 Å². The summed E-state index contributed by atoms with van der Waals surface area (Å²) in [6.45, 7) is 5.95. The van der Waals surface area contributed by atoms with Crippen LogP contribution in [0.15, 0.2) is 43.1 Å². The molecule has 2 aromatic heterocycles. The quantitative estimate of drug-likeness (QED) is 0.733. The Bertz CT molecular complexity index is 878. The lowest BCUT2D eigenvalue weighted by Gasteiger charge is -2.13. The zero-order valence-corrected chi connectivity index (χ0v) is 12.4. The third-order valence-corrected chi connectivity index (χ3v) is 3.70. The Morgan fingerprint density at radius 3 is 2.74 bits per heavy atom. The van der Waals surface area contributed by atoms with Gasteiger partial charge in [0.15, 0.2) is 0 Å². The number of alkyl halides is 3. The molecule has 1 N–H and O–H groups in total. The van der Waals surface area contributed by atoms with Gasteiger partial charge in [-0.05, 0) is 41.8 Å². The summed E-state index contributed by atoms with van der Waals surface area (Å²) in [7, 11) is 0. The monoisotopic (exact) mass is 317 g/mol. The first-order valence-corrected chi connectivity index (χ1v) is 7.10. The van der Waals surface area contributed by atoms with E-state index in [0.717, 1.165) is 28.1 Å². The summed E-state index contributed by atoms with van der Waals surface area (Å²) in [5.74, 6) is 0. The molecule has 3 rings (SSSR count). The molecule has 0 aliphatic carbocycles. The SMILES string of the molecule is C=C(CC)c1cc2[nH]ncc2cc1-c1cccc(C(F)(F)F)n1. The predicted molar refractivity (Wildman–Crippen MR) is 83.7 cm³/mol. The number of aromatic amines is 1. The van der Waals surface area contributed by atoms with Gasteiger partial charge in [0.05, 0.1) is 17.4 Å². The summed E-state index contributed by atoms with van der Waals surface area (Å²) in [5.41, 5.74) is 2.40. The topological polar surface area (TPSA) is 41.6 Å². The van der Waals surface area contributed by atoms with Gasteiger partial charge in [-0.2, -0.15) is 18.3 Å². The van der Waals surface area contributed by atoms with Crippen LogP contribution < -0.4 is 0 Å². The maximum absolute atomic E-state index is 12.9. The van der Waals surface area contributed by atoms with E-state index in [1.54, 1.807) is 18.3 Å². The van der Waals surface area contributed by atoms with Crippen LogP contribution in [0.25, 0.3) is 27.7 Å². The number of pyridine rings is 1. The van der Waals surface area contributed by atoms with Crippen molar-refractivity contribution in [2.45, 2.75) is 19.5 Å². The number of H-pyrrole nitrogens is 1. The third kappa shape index (κ3) is 2.84. The molecule has 0 saturated heterocycles. The Morgan fingerprint density at radius 1 is 1.26 bits per heavy atom. The second kappa shape index (κ2) is 5.53. The van der Waals surface area contributed by atoms with Crippen molar-refractivity contribution in [3.05, 3.63) is 54.4 Å². The molecule has 0 atom stereocenters.